The van der Waals surface area contributed by atoms with Crippen molar-refractivity contribution in [1.82, 2.24) is 0 Å². The maximum absolute atomic E-state index is 10.8. The van der Waals surface area contributed by atoms with Gasteiger partial charge in [0.1, 0.15) is 11.6 Å². The quantitative estimate of drug-likeness (QED) is 0.480. The van der Waals surface area contributed by atoms with Gasteiger partial charge in [-0.1, -0.05) is 52.3 Å². The SMILES string of the molecule is N#Cc1cc(CC(Br)c2ccccc2)ccc1[N+](=O)[O-]. The van der Waals surface area contributed by atoms with E-state index in [4.69, 9.17) is 5.26 Å². The summed E-state index contributed by atoms with van der Waals surface area (Å²) in [6, 6.07) is 16.4. The average Bonchev–Trinajstić information content (AvgIpc) is 2.47. The number of nitro benzene ring substituents is 1. The average molecular weight is 331 g/mol. The number of hydrogen-bond donors (Lipinski definition) is 0. The maximum atomic E-state index is 10.8. The maximum Gasteiger partial charge on any atom is 0.287 e. The van der Waals surface area contributed by atoms with Gasteiger partial charge in [-0.3, -0.25) is 10.1 Å². The Balaban J connectivity index is 2.23. The van der Waals surface area contributed by atoms with Gasteiger partial charge in [0.25, 0.3) is 5.69 Å². The Morgan fingerprint density at radius 2 is 1.95 bits per heavy atom. The summed E-state index contributed by atoms with van der Waals surface area (Å²) in [7, 11) is 0. The Kier molecular flexibility index (Phi) is 4.49. The first-order valence-electron chi connectivity index (χ1n) is 5.98. The van der Waals surface area contributed by atoms with E-state index in [9.17, 15) is 10.1 Å². The molecular weight excluding hydrogens is 320 g/mol. The van der Waals surface area contributed by atoms with Crippen molar-refractivity contribution in [2.75, 3.05) is 0 Å². The minimum Gasteiger partial charge on any atom is -0.258 e. The lowest BCUT2D eigenvalue weighted by molar-refractivity contribution is -0.385. The molecule has 2 aromatic rings. The van der Waals surface area contributed by atoms with Crippen molar-refractivity contribution in [2.45, 2.75) is 11.2 Å². The molecule has 1 unspecified atom stereocenters. The van der Waals surface area contributed by atoms with Gasteiger partial charge in [-0.25, -0.2) is 0 Å². The molecule has 0 N–H and O–H groups in total. The Hall–Kier alpha value is -2.19. The minimum absolute atomic E-state index is 0.0975. The van der Waals surface area contributed by atoms with E-state index in [1.807, 2.05) is 36.4 Å². The summed E-state index contributed by atoms with van der Waals surface area (Å²) in [5, 5.41) is 19.8. The molecule has 100 valence electrons. The molecule has 0 amide bonds. The number of rotatable bonds is 4. The van der Waals surface area contributed by atoms with Crippen molar-refractivity contribution in [2.24, 2.45) is 0 Å². The molecule has 0 heterocycles. The normalized spacial score (nSPS) is 11.6. The first-order chi connectivity index (χ1) is 9.61. The van der Waals surface area contributed by atoms with Crippen LogP contribution in [0.2, 0.25) is 0 Å². The number of benzene rings is 2. The highest BCUT2D eigenvalue weighted by molar-refractivity contribution is 9.09. The summed E-state index contributed by atoms with van der Waals surface area (Å²) >= 11 is 3.60. The lowest BCUT2D eigenvalue weighted by Gasteiger charge is -2.10. The Bertz CT molecular complexity index is 665. The van der Waals surface area contributed by atoms with Gasteiger partial charge < -0.3 is 0 Å². The summed E-state index contributed by atoms with van der Waals surface area (Å²) in [5.74, 6) is 0. The summed E-state index contributed by atoms with van der Waals surface area (Å²) in [6.45, 7) is 0. The second kappa shape index (κ2) is 6.31. The monoisotopic (exact) mass is 330 g/mol. The van der Waals surface area contributed by atoms with Crippen LogP contribution in [0.25, 0.3) is 0 Å². The van der Waals surface area contributed by atoms with E-state index >= 15 is 0 Å². The number of alkyl halides is 1. The highest BCUT2D eigenvalue weighted by atomic mass is 79.9. The van der Waals surface area contributed by atoms with Crippen LogP contribution < -0.4 is 0 Å². The molecular formula is C15H11BrN2O2. The smallest absolute Gasteiger partial charge is 0.258 e. The molecule has 0 saturated carbocycles. The molecule has 20 heavy (non-hydrogen) atoms. The van der Waals surface area contributed by atoms with Gasteiger partial charge in [-0.05, 0) is 23.6 Å². The predicted molar refractivity (Wildman–Crippen MR) is 79.6 cm³/mol. The van der Waals surface area contributed by atoms with Crippen LogP contribution in [0.1, 0.15) is 21.5 Å². The summed E-state index contributed by atoms with van der Waals surface area (Å²) in [5.41, 5.74) is 1.96. The van der Waals surface area contributed by atoms with Gasteiger partial charge in [-0.15, -0.1) is 0 Å². The molecule has 0 saturated heterocycles. The van der Waals surface area contributed by atoms with E-state index < -0.39 is 4.92 Å². The molecule has 0 aliphatic carbocycles. The van der Waals surface area contributed by atoms with Crippen molar-refractivity contribution < 1.29 is 4.92 Å². The third-order valence-corrected chi connectivity index (χ3v) is 3.81. The Morgan fingerprint density at radius 1 is 1.25 bits per heavy atom. The number of nitrogens with zero attached hydrogens (tertiary/aromatic N) is 2. The summed E-state index contributed by atoms with van der Waals surface area (Å²) < 4.78 is 0. The molecule has 0 radical (unpaired) electrons. The fraction of sp³-hybridized carbons (Fsp3) is 0.133. The van der Waals surface area contributed by atoms with E-state index in [2.05, 4.69) is 15.9 Å². The molecule has 0 fully saturated rings. The number of halogens is 1. The highest BCUT2D eigenvalue weighted by Gasteiger charge is 2.15. The van der Waals surface area contributed by atoms with E-state index in [1.54, 1.807) is 12.1 Å². The van der Waals surface area contributed by atoms with Crippen LogP contribution in [-0.2, 0) is 6.42 Å². The van der Waals surface area contributed by atoms with Crippen LogP contribution in [0.4, 0.5) is 5.69 Å². The Morgan fingerprint density at radius 3 is 2.55 bits per heavy atom. The standard InChI is InChI=1S/C15H11BrN2O2/c16-14(12-4-2-1-3-5-12)9-11-6-7-15(18(19)20)13(8-11)10-17/h1-8,14H,9H2. The molecule has 1 atom stereocenters. The lowest BCUT2D eigenvalue weighted by atomic mass is 10.0. The molecule has 4 nitrogen and oxygen atoms in total. The molecule has 0 aliphatic rings. The minimum atomic E-state index is -0.537. The van der Waals surface area contributed by atoms with Crippen molar-refractivity contribution in [3.8, 4) is 6.07 Å². The van der Waals surface area contributed by atoms with E-state index in [1.165, 1.54) is 6.07 Å². The van der Waals surface area contributed by atoms with Crippen LogP contribution in [0.3, 0.4) is 0 Å². The zero-order valence-corrected chi connectivity index (χ0v) is 12.1. The second-order valence-corrected chi connectivity index (χ2v) is 5.41. The zero-order chi connectivity index (χ0) is 14.5. The van der Waals surface area contributed by atoms with Gasteiger partial charge in [0, 0.05) is 10.9 Å². The van der Waals surface area contributed by atoms with E-state index in [0.29, 0.717) is 6.42 Å². The van der Waals surface area contributed by atoms with Crippen molar-refractivity contribution in [3.63, 3.8) is 0 Å². The van der Waals surface area contributed by atoms with Crippen molar-refractivity contribution in [1.29, 1.82) is 5.26 Å². The third kappa shape index (κ3) is 3.22. The number of hydrogen-bond acceptors (Lipinski definition) is 3. The van der Waals surface area contributed by atoms with E-state index in [0.717, 1.165) is 11.1 Å². The number of nitro groups is 1. The summed E-state index contributed by atoms with van der Waals surface area (Å²) in [4.78, 5) is 10.4. The van der Waals surface area contributed by atoms with Gasteiger partial charge in [0.2, 0.25) is 0 Å². The van der Waals surface area contributed by atoms with Gasteiger partial charge >= 0.3 is 0 Å². The van der Waals surface area contributed by atoms with Gasteiger partial charge in [0.15, 0.2) is 0 Å². The second-order valence-electron chi connectivity index (χ2n) is 4.30. The van der Waals surface area contributed by atoms with Crippen molar-refractivity contribution in [3.05, 3.63) is 75.3 Å². The first-order valence-corrected chi connectivity index (χ1v) is 6.90. The van der Waals surface area contributed by atoms with Crippen molar-refractivity contribution >= 4 is 21.6 Å². The fourth-order valence-electron chi connectivity index (χ4n) is 1.95. The van der Waals surface area contributed by atoms with Crippen LogP contribution in [0.5, 0.6) is 0 Å². The van der Waals surface area contributed by atoms with Crippen LogP contribution in [0, 0.1) is 21.4 Å². The van der Waals surface area contributed by atoms with Crippen LogP contribution in [0.15, 0.2) is 48.5 Å². The fourth-order valence-corrected chi connectivity index (χ4v) is 2.62. The molecule has 0 aromatic heterocycles. The predicted octanol–water partition coefficient (Wildman–Crippen LogP) is 4.15. The molecule has 0 aliphatic heterocycles. The highest BCUT2D eigenvalue weighted by Crippen LogP contribution is 2.28. The lowest BCUT2D eigenvalue weighted by Crippen LogP contribution is -1.98. The molecule has 5 heteroatoms. The van der Waals surface area contributed by atoms with Gasteiger partial charge in [0.05, 0.1) is 4.92 Å². The van der Waals surface area contributed by atoms with Gasteiger partial charge in [-0.2, -0.15) is 5.26 Å². The molecule has 0 spiro atoms. The summed E-state index contributed by atoms with van der Waals surface area (Å²) in [6.07, 6.45) is 0.663. The molecule has 2 rings (SSSR count). The number of nitriles is 1. The van der Waals surface area contributed by atoms with Crippen LogP contribution in [-0.4, -0.2) is 4.92 Å². The zero-order valence-electron chi connectivity index (χ0n) is 10.5. The molecule has 2 aromatic carbocycles. The topological polar surface area (TPSA) is 66.9 Å². The third-order valence-electron chi connectivity index (χ3n) is 2.95. The largest absolute Gasteiger partial charge is 0.287 e. The van der Waals surface area contributed by atoms with E-state index in [-0.39, 0.29) is 16.1 Å². The molecule has 0 bridgehead atoms. The first kappa shape index (κ1) is 14.2. The van der Waals surface area contributed by atoms with Crippen LogP contribution >= 0.6 is 15.9 Å². The Labute approximate surface area is 124 Å².